The number of nitrogens with one attached hydrogen (secondary N) is 1. The third kappa shape index (κ3) is 2.58. The van der Waals surface area contributed by atoms with Crippen LogP contribution in [-0.4, -0.2) is 10.1 Å². The molecule has 0 aliphatic rings. The number of nitrogens with zero attached hydrogens (tertiary/aromatic N) is 2. The Bertz CT molecular complexity index is 487. The maximum atomic E-state index is 5.93. The fraction of sp³-hybridized carbons (Fsp3) is 0.111. The molecule has 2 rings (SSSR count). The monoisotopic (exact) mass is 277 g/mol. The van der Waals surface area contributed by atoms with Crippen LogP contribution in [0.4, 0.5) is 5.82 Å². The Balaban J connectivity index is 2.12. The standard InChI is InChI=1S/C9H6Cl3N3O/c10-6-3-7(11)9(14-8(6)12)13-4-5-1-2-16-15-5/h1-3H,4H2,(H,13,14). The van der Waals surface area contributed by atoms with Crippen LogP contribution >= 0.6 is 34.8 Å². The molecule has 0 aliphatic heterocycles. The van der Waals surface area contributed by atoms with Crippen LogP contribution in [0.1, 0.15) is 5.69 Å². The predicted molar refractivity (Wildman–Crippen MR) is 63.1 cm³/mol. The number of aromatic nitrogens is 2. The molecule has 0 spiro atoms. The van der Waals surface area contributed by atoms with Crippen LogP contribution < -0.4 is 5.32 Å². The zero-order valence-electron chi connectivity index (χ0n) is 7.88. The van der Waals surface area contributed by atoms with Crippen molar-refractivity contribution in [3.63, 3.8) is 0 Å². The Morgan fingerprint density at radius 2 is 2.06 bits per heavy atom. The zero-order valence-corrected chi connectivity index (χ0v) is 10.1. The molecule has 0 aromatic carbocycles. The second kappa shape index (κ2) is 4.91. The Morgan fingerprint density at radius 3 is 2.75 bits per heavy atom. The quantitative estimate of drug-likeness (QED) is 0.871. The van der Waals surface area contributed by atoms with Crippen LogP contribution in [0.3, 0.4) is 0 Å². The summed E-state index contributed by atoms with van der Waals surface area (Å²) in [6.45, 7) is 0.446. The van der Waals surface area contributed by atoms with E-state index in [9.17, 15) is 0 Å². The molecule has 84 valence electrons. The molecule has 7 heteroatoms. The molecule has 1 N–H and O–H groups in total. The highest BCUT2D eigenvalue weighted by molar-refractivity contribution is 6.42. The van der Waals surface area contributed by atoms with Gasteiger partial charge in [-0.1, -0.05) is 40.0 Å². The lowest BCUT2D eigenvalue weighted by Gasteiger charge is -2.06. The fourth-order valence-corrected chi connectivity index (χ4v) is 1.64. The highest BCUT2D eigenvalue weighted by Crippen LogP contribution is 2.28. The summed E-state index contributed by atoms with van der Waals surface area (Å²) in [7, 11) is 0. The highest BCUT2D eigenvalue weighted by atomic mass is 35.5. The number of hydrogen-bond acceptors (Lipinski definition) is 4. The molecular weight excluding hydrogens is 272 g/mol. The fourth-order valence-electron chi connectivity index (χ4n) is 1.07. The first-order valence-electron chi connectivity index (χ1n) is 4.31. The van der Waals surface area contributed by atoms with Crippen molar-refractivity contribution in [2.45, 2.75) is 6.54 Å². The van der Waals surface area contributed by atoms with E-state index in [1.165, 1.54) is 12.3 Å². The van der Waals surface area contributed by atoms with E-state index in [1.807, 2.05) is 0 Å². The van der Waals surface area contributed by atoms with Crippen LogP contribution in [0.5, 0.6) is 0 Å². The van der Waals surface area contributed by atoms with Crippen molar-refractivity contribution in [1.82, 2.24) is 10.1 Å². The number of halogens is 3. The highest BCUT2D eigenvalue weighted by Gasteiger charge is 2.07. The molecule has 0 saturated heterocycles. The molecule has 4 nitrogen and oxygen atoms in total. The second-order valence-corrected chi connectivity index (χ2v) is 4.11. The van der Waals surface area contributed by atoms with Crippen molar-refractivity contribution in [3.8, 4) is 0 Å². The van der Waals surface area contributed by atoms with E-state index < -0.39 is 0 Å². The molecule has 2 aromatic heterocycles. The summed E-state index contributed by atoms with van der Waals surface area (Å²) in [5, 5.41) is 7.63. The molecule has 16 heavy (non-hydrogen) atoms. The summed E-state index contributed by atoms with van der Waals surface area (Å²) in [6, 6.07) is 3.27. The van der Waals surface area contributed by atoms with Gasteiger partial charge in [0, 0.05) is 6.07 Å². The van der Waals surface area contributed by atoms with Gasteiger partial charge in [-0.15, -0.1) is 0 Å². The van der Waals surface area contributed by atoms with Crippen LogP contribution in [0.15, 0.2) is 22.9 Å². The van der Waals surface area contributed by atoms with Gasteiger partial charge in [0.25, 0.3) is 0 Å². The van der Waals surface area contributed by atoms with E-state index in [2.05, 4.69) is 20.0 Å². The second-order valence-electron chi connectivity index (χ2n) is 2.94. The SMILES string of the molecule is Clc1cc(Cl)c(NCc2ccon2)nc1Cl. The lowest BCUT2D eigenvalue weighted by atomic mass is 10.4. The van der Waals surface area contributed by atoms with Crippen molar-refractivity contribution in [3.05, 3.63) is 39.3 Å². The smallest absolute Gasteiger partial charge is 0.150 e. The van der Waals surface area contributed by atoms with Gasteiger partial charge in [0.2, 0.25) is 0 Å². The third-order valence-electron chi connectivity index (χ3n) is 1.81. The van der Waals surface area contributed by atoms with Gasteiger partial charge in [-0.2, -0.15) is 0 Å². The molecule has 2 aromatic rings. The van der Waals surface area contributed by atoms with Gasteiger partial charge in [0.05, 0.1) is 16.6 Å². The molecule has 0 saturated carbocycles. The third-order valence-corrected chi connectivity index (χ3v) is 2.78. The molecule has 0 bridgehead atoms. The van der Waals surface area contributed by atoms with Crippen molar-refractivity contribution < 1.29 is 4.52 Å². The zero-order chi connectivity index (χ0) is 11.5. The van der Waals surface area contributed by atoms with E-state index >= 15 is 0 Å². The summed E-state index contributed by atoms with van der Waals surface area (Å²) in [5.74, 6) is 0.457. The number of rotatable bonds is 3. The predicted octanol–water partition coefficient (Wildman–Crippen LogP) is 3.64. The molecule has 0 radical (unpaired) electrons. The van der Waals surface area contributed by atoms with Gasteiger partial charge in [-0.05, 0) is 6.07 Å². The van der Waals surface area contributed by atoms with E-state index in [-0.39, 0.29) is 5.15 Å². The number of anilines is 1. The van der Waals surface area contributed by atoms with Gasteiger partial charge in [0.15, 0.2) is 0 Å². The molecule has 0 unspecified atom stereocenters. The topological polar surface area (TPSA) is 51.0 Å². The summed E-state index contributed by atoms with van der Waals surface area (Å²) < 4.78 is 4.69. The van der Waals surface area contributed by atoms with Crippen LogP contribution in [0.25, 0.3) is 0 Å². The van der Waals surface area contributed by atoms with Crippen LogP contribution in [0, 0.1) is 0 Å². The van der Waals surface area contributed by atoms with Crippen molar-refractivity contribution in [1.29, 1.82) is 0 Å². The van der Waals surface area contributed by atoms with E-state index in [4.69, 9.17) is 34.8 Å². The van der Waals surface area contributed by atoms with E-state index in [0.29, 0.717) is 22.4 Å². The maximum absolute atomic E-state index is 5.93. The maximum Gasteiger partial charge on any atom is 0.150 e. The summed E-state index contributed by atoms with van der Waals surface area (Å²) in [6.07, 6.45) is 1.49. The minimum atomic E-state index is 0.203. The first-order valence-corrected chi connectivity index (χ1v) is 5.45. The first-order chi connectivity index (χ1) is 7.66. The van der Waals surface area contributed by atoms with Crippen LogP contribution in [-0.2, 0) is 6.54 Å². The van der Waals surface area contributed by atoms with Gasteiger partial charge < -0.3 is 9.84 Å². The van der Waals surface area contributed by atoms with Crippen molar-refractivity contribution in [2.75, 3.05) is 5.32 Å². The Labute approximate surface area is 106 Å². The van der Waals surface area contributed by atoms with E-state index in [0.717, 1.165) is 5.69 Å². The largest absolute Gasteiger partial charge is 0.364 e. The van der Waals surface area contributed by atoms with Gasteiger partial charge >= 0.3 is 0 Å². The molecular formula is C9H6Cl3N3O. The Kier molecular flexibility index (Phi) is 3.53. The van der Waals surface area contributed by atoms with Gasteiger partial charge in [0.1, 0.15) is 22.9 Å². The molecule has 0 aliphatic carbocycles. The molecule has 2 heterocycles. The number of hydrogen-bond donors (Lipinski definition) is 1. The molecule has 0 fully saturated rings. The number of pyridine rings is 1. The molecule has 0 amide bonds. The average Bonchev–Trinajstić information content (AvgIpc) is 2.74. The summed E-state index contributed by atoms with van der Waals surface area (Å²) in [4.78, 5) is 4.00. The lowest BCUT2D eigenvalue weighted by molar-refractivity contribution is 0.412. The van der Waals surface area contributed by atoms with E-state index in [1.54, 1.807) is 6.07 Å². The van der Waals surface area contributed by atoms with Crippen molar-refractivity contribution in [2.24, 2.45) is 0 Å². The van der Waals surface area contributed by atoms with Gasteiger partial charge in [-0.25, -0.2) is 4.98 Å². The lowest BCUT2D eigenvalue weighted by Crippen LogP contribution is -2.02. The first kappa shape index (κ1) is 11.5. The minimum Gasteiger partial charge on any atom is -0.364 e. The summed E-state index contributed by atoms with van der Waals surface area (Å²) in [5.41, 5.74) is 0.740. The molecule has 0 atom stereocenters. The van der Waals surface area contributed by atoms with Crippen LogP contribution in [0.2, 0.25) is 15.2 Å². The van der Waals surface area contributed by atoms with Crippen molar-refractivity contribution >= 4 is 40.6 Å². The van der Waals surface area contributed by atoms with Gasteiger partial charge in [-0.3, -0.25) is 0 Å². The normalized spacial score (nSPS) is 10.4. The Hall–Kier alpha value is -0.970. The minimum absolute atomic E-state index is 0.203. The Morgan fingerprint density at radius 1 is 1.25 bits per heavy atom. The average molecular weight is 279 g/mol. The summed E-state index contributed by atoms with van der Waals surface area (Å²) >= 11 is 17.5.